The van der Waals surface area contributed by atoms with E-state index in [0.717, 1.165) is 29.6 Å². The van der Waals surface area contributed by atoms with Crippen LogP contribution in [0.1, 0.15) is 18.2 Å². The Hall–Kier alpha value is -1.96. The van der Waals surface area contributed by atoms with Crippen LogP contribution in [0.5, 0.6) is 5.75 Å². The van der Waals surface area contributed by atoms with Crippen molar-refractivity contribution in [2.24, 2.45) is 4.99 Å². The Bertz CT molecular complexity index is 627. The molecule has 0 radical (unpaired) electrons. The molecule has 1 heterocycles. The molecule has 0 saturated carbocycles. The molecule has 2 N–H and O–H groups in total. The Labute approximate surface area is 160 Å². The summed E-state index contributed by atoms with van der Waals surface area (Å²) in [6, 6.07) is 11.7. The van der Waals surface area contributed by atoms with Gasteiger partial charge in [-0.1, -0.05) is 30.9 Å². The molecule has 130 valence electrons. The van der Waals surface area contributed by atoms with Crippen LogP contribution in [0.15, 0.2) is 64.7 Å². The van der Waals surface area contributed by atoms with Gasteiger partial charge in [0.1, 0.15) is 18.1 Å². The molecular formula is C18H24IN3O2. The van der Waals surface area contributed by atoms with Crippen molar-refractivity contribution in [3.63, 3.8) is 0 Å². The molecular weight excluding hydrogens is 417 g/mol. The number of nitrogens with zero attached hydrogens (tertiary/aromatic N) is 1. The van der Waals surface area contributed by atoms with Crippen LogP contribution in [0, 0.1) is 0 Å². The van der Waals surface area contributed by atoms with Gasteiger partial charge in [-0.15, -0.1) is 24.0 Å². The van der Waals surface area contributed by atoms with Crippen LogP contribution in [-0.4, -0.2) is 19.1 Å². The number of nitrogens with one attached hydrogen (secondary N) is 2. The first kappa shape index (κ1) is 20.1. The van der Waals surface area contributed by atoms with Crippen molar-refractivity contribution in [1.82, 2.24) is 10.6 Å². The van der Waals surface area contributed by atoms with Gasteiger partial charge < -0.3 is 19.8 Å². The third-order valence-corrected chi connectivity index (χ3v) is 3.09. The largest absolute Gasteiger partial charge is 0.489 e. The van der Waals surface area contributed by atoms with Crippen molar-refractivity contribution >= 4 is 29.9 Å². The summed E-state index contributed by atoms with van der Waals surface area (Å²) in [5.74, 6) is 2.44. The molecule has 1 aromatic carbocycles. The van der Waals surface area contributed by atoms with Crippen LogP contribution in [0.2, 0.25) is 0 Å². The molecule has 2 aromatic rings. The Morgan fingerprint density at radius 2 is 2.08 bits per heavy atom. The van der Waals surface area contributed by atoms with E-state index < -0.39 is 0 Å². The maximum atomic E-state index is 5.65. The van der Waals surface area contributed by atoms with Gasteiger partial charge in [0.05, 0.1) is 19.4 Å². The molecule has 0 amide bonds. The highest BCUT2D eigenvalue weighted by Gasteiger charge is 2.04. The van der Waals surface area contributed by atoms with Crippen LogP contribution < -0.4 is 15.4 Å². The summed E-state index contributed by atoms with van der Waals surface area (Å²) >= 11 is 0. The Morgan fingerprint density at radius 1 is 1.25 bits per heavy atom. The van der Waals surface area contributed by atoms with Gasteiger partial charge in [0, 0.05) is 12.1 Å². The van der Waals surface area contributed by atoms with E-state index in [0.29, 0.717) is 19.7 Å². The Balaban J connectivity index is 0.00000288. The second-order valence-electron chi connectivity index (χ2n) is 4.84. The van der Waals surface area contributed by atoms with Crippen molar-refractivity contribution in [3.8, 4) is 5.75 Å². The lowest BCUT2D eigenvalue weighted by Crippen LogP contribution is -2.36. The summed E-state index contributed by atoms with van der Waals surface area (Å²) in [6.45, 7) is 8.10. The number of guanidine groups is 1. The van der Waals surface area contributed by atoms with Crippen molar-refractivity contribution < 1.29 is 9.15 Å². The first-order valence-corrected chi connectivity index (χ1v) is 7.69. The molecule has 0 aliphatic rings. The molecule has 0 aliphatic carbocycles. The highest BCUT2D eigenvalue weighted by molar-refractivity contribution is 14.0. The lowest BCUT2D eigenvalue weighted by Gasteiger charge is -2.12. The van der Waals surface area contributed by atoms with E-state index in [4.69, 9.17) is 9.15 Å². The van der Waals surface area contributed by atoms with Crippen molar-refractivity contribution in [2.75, 3.05) is 13.2 Å². The van der Waals surface area contributed by atoms with Gasteiger partial charge in [0.25, 0.3) is 0 Å². The minimum absolute atomic E-state index is 0. The number of benzene rings is 1. The zero-order valence-corrected chi connectivity index (χ0v) is 16.2. The van der Waals surface area contributed by atoms with Crippen LogP contribution >= 0.6 is 24.0 Å². The topological polar surface area (TPSA) is 58.8 Å². The molecule has 0 fully saturated rings. The van der Waals surface area contributed by atoms with E-state index in [2.05, 4.69) is 22.2 Å². The van der Waals surface area contributed by atoms with Gasteiger partial charge in [-0.05, 0) is 25.1 Å². The molecule has 0 bridgehead atoms. The van der Waals surface area contributed by atoms with E-state index in [1.54, 1.807) is 12.3 Å². The average molecular weight is 441 g/mol. The highest BCUT2D eigenvalue weighted by atomic mass is 127. The molecule has 0 atom stereocenters. The molecule has 0 saturated heterocycles. The Kier molecular flexibility index (Phi) is 9.67. The predicted molar refractivity (Wildman–Crippen MR) is 108 cm³/mol. The number of halogens is 1. The molecule has 0 aliphatic heterocycles. The maximum absolute atomic E-state index is 5.65. The summed E-state index contributed by atoms with van der Waals surface area (Å²) in [6.07, 6.45) is 3.39. The molecule has 0 spiro atoms. The van der Waals surface area contributed by atoms with Crippen molar-refractivity contribution in [3.05, 3.63) is 66.6 Å². The first-order chi connectivity index (χ1) is 11.3. The standard InChI is InChI=1S/C18H23N3O2.HI/c1-3-11-23-17-10-6-5-8-15(17)13-20-18(19-4-2)21-14-16-9-7-12-22-16;/h3,5-10,12H,1,4,11,13-14H2,2H3,(H2,19,20,21);1H. The van der Waals surface area contributed by atoms with Crippen LogP contribution in [0.4, 0.5) is 0 Å². The SMILES string of the molecule is C=CCOc1ccccc1CN=C(NCC)NCc1ccco1.I. The normalized spacial score (nSPS) is 10.6. The Morgan fingerprint density at radius 3 is 2.79 bits per heavy atom. The van der Waals surface area contributed by atoms with Gasteiger partial charge >= 0.3 is 0 Å². The molecule has 5 nitrogen and oxygen atoms in total. The number of ether oxygens (including phenoxy) is 1. The quantitative estimate of drug-likeness (QED) is 0.284. The van der Waals surface area contributed by atoms with Crippen LogP contribution in [0.25, 0.3) is 0 Å². The summed E-state index contributed by atoms with van der Waals surface area (Å²) < 4.78 is 11.0. The molecule has 24 heavy (non-hydrogen) atoms. The van der Waals surface area contributed by atoms with E-state index in [1.807, 2.05) is 43.3 Å². The van der Waals surface area contributed by atoms with E-state index >= 15 is 0 Å². The molecule has 6 heteroatoms. The molecule has 2 rings (SSSR count). The smallest absolute Gasteiger partial charge is 0.191 e. The van der Waals surface area contributed by atoms with E-state index in [-0.39, 0.29) is 24.0 Å². The lowest BCUT2D eigenvalue weighted by atomic mass is 10.2. The van der Waals surface area contributed by atoms with E-state index in [1.165, 1.54) is 0 Å². The number of furan rings is 1. The summed E-state index contributed by atoms with van der Waals surface area (Å²) in [5.41, 5.74) is 1.03. The van der Waals surface area contributed by atoms with Gasteiger partial charge in [-0.3, -0.25) is 0 Å². The van der Waals surface area contributed by atoms with Crippen molar-refractivity contribution in [2.45, 2.75) is 20.0 Å². The zero-order chi connectivity index (χ0) is 16.3. The summed E-state index contributed by atoms with van der Waals surface area (Å²) in [7, 11) is 0. The van der Waals surface area contributed by atoms with Gasteiger partial charge in [-0.2, -0.15) is 0 Å². The minimum Gasteiger partial charge on any atom is -0.489 e. The molecule has 1 aromatic heterocycles. The summed E-state index contributed by atoms with van der Waals surface area (Å²) in [4.78, 5) is 4.60. The highest BCUT2D eigenvalue weighted by Crippen LogP contribution is 2.18. The average Bonchev–Trinajstić information content (AvgIpc) is 3.09. The second kappa shape index (κ2) is 11.6. The van der Waals surface area contributed by atoms with Crippen LogP contribution in [0.3, 0.4) is 0 Å². The van der Waals surface area contributed by atoms with Gasteiger partial charge in [0.2, 0.25) is 0 Å². The number of rotatable bonds is 8. The number of hydrogen-bond acceptors (Lipinski definition) is 3. The van der Waals surface area contributed by atoms with Crippen LogP contribution in [-0.2, 0) is 13.1 Å². The third kappa shape index (κ3) is 6.66. The molecule has 0 unspecified atom stereocenters. The monoisotopic (exact) mass is 441 g/mol. The maximum Gasteiger partial charge on any atom is 0.191 e. The fourth-order valence-electron chi connectivity index (χ4n) is 2.01. The second-order valence-corrected chi connectivity index (χ2v) is 4.84. The number of para-hydroxylation sites is 1. The van der Waals surface area contributed by atoms with E-state index in [9.17, 15) is 0 Å². The fourth-order valence-corrected chi connectivity index (χ4v) is 2.01. The van der Waals surface area contributed by atoms with Gasteiger partial charge in [-0.25, -0.2) is 4.99 Å². The minimum atomic E-state index is 0. The fraction of sp³-hybridized carbons (Fsp3) is 0.278. The number of hydrogen-bond donors (Lipinski definition) is 2. The van der Waals surface area contributed by atoms with Crippen molar-refractivity contribution in [1.29, 1.82) is 0 Å². The summed E-state index contributed by atoms with van der Waals surface area (Å²) in [5, 5.41) is 6.46. The number of aliphatic imine (C=N–C) groups is 1. The third-order valence-electron chi connectivity index (χ3n) is 3.09. The predicted octanol–water partition coefficient (Wildman–Crippen LogP) is 3.72. The zero-order valence-electron chi connectivity index (χ0n) is 13.8. The first-order valence-electron chi connectivity index (χ1n) is 7.69. The lowest BCUT2D eigenvalue weighted by molar-refractivity contribution is 0.359. The van der Waals surface area contributed by atoms with Gasteiger partial charge in [0.15, 0.2) is 5.96 Å².